The van der Waals surface area contributed by atoms with E-state index >= 15 is 0 Å². The van der Waals surface area contributed by atoms with E-state index in [2.05, 4.69) is 20.6 Å². The molecule has 1 unspecified atom stereocenters. The highest BCUT2D eigenvalue weighted by Gasteiger charge is 2.31. The summed E-state index contributed by atoms with van der Waals surface area (Å²) in [7, 11) is 3.91. The summed E-state index contributed by atoms with van der Waals surface area (Å²) in [6.45, 7) is 4.09. The van der Waals surface area contributed by atoms with Crippen molar-refractivity contribution >= 4 is 23.6 Å². The molecule has 1 aromatic heterocycles. The van der Waals surface area contributed by atoms with E-state index in [9.17, 15) is 9.59 Å². The molecule has 4 aromatic rings. The maximum atomic E-state index is 14.4. The molecule has 1 aliphatic carbocycles. The number of hydrogen-bond acceptors (Lipinski definition) is 6. The Balaban J connectivity index is 1.30. The SMILES string of the molecule is CC(c1ccccc1)N(C(=O)c1ccccc1C(=O)NC1CCC(Nc2nccc(N(C)C)n2)CC1)[C@@H](C)c1ccccc1. The Hall–Kier alpha value is -4.72. The zero-order valence-corrected chi connectivity index (χ0v) is 26.0. The van der Waals surface area contributed by atoms with E-state index in [0.717, 1.165) is 42.6 Å². The van der Waals surface area contributed by atoms with Gasteiger partial charge in [0, 0.05) is 32.4 Å². The Kier molecular flexibility index (Phi) is 9.89. The van der Waals surface area contributed by atoms with Crippen molar-refractivity contribution in [3.63, 3.8) is 0 Å². The van der Waals surface area contributed by atoms with Gasteiger partial charge in [0.15, 0.2) is 0 Å². The lowest BCUT2D eigenvalue weighted by molar-refractivity contribution is 0.0599. The molecule has 1 heterocycles. The summed E-state index contributed by atoms with van der Waals surface area (Å²) in [5.41, 5.74) is 2.88. The van der Waals surface area contributed by atoms with Gasteiger partial charge in [-0.15, -0.1) is 0 Å². The first-order valence-electron chi connectivity index (χ1n) is 15.4. The molecule has 0 spiro atoms. The summed E-state index contributed by atoms with van der Waals surface area (Å²) < 4.78 is 0. The Morgan fingerprint density at radius 1 is 0.727 bits per heavy atom. The van der Waals surface area contributed by atoms with Crippen molar-refractivity contribution in [1.82, 2.24) is 20.2 Å². The summed E-state index contributed by atoms with van der Waals surface area (Å²) >= 11 is 0. The second-order valence-corrected chi connectivity index (χ2v) is 11.7. The topological polar surface area (TPSA) is 90.5 Å². The van der Waals surface area contributed by atoms with E-state index in [-0.39, 0.29) is 36.0 Å². The highest BCUT2D eigenvalue weighted by atomic mass is 16.2. The smallest absolute Gasteiger partial charge is 0.255 e. The number of carbonyl (C=O) groups is 2. The average molecular weight is 591 g/mol. The van der Waals surface area contributed by atoms with E-state index in [1.165, 1.54) is 0 Å². The van der Waals surface area contributed by atoms with Crippen LogP contribution >= 0.6 is 0 Å². The third-order valence-electron chi connectivity index (χ3n) is 8.53. The predicted molar refractivity (Wildman–Crippen MR) is 176 cm³/mol. The van der Waals surface area contributed by atoms with Crippen molar-refractivity contribution in [2.45, 2.75) is 63.7 Å². The highest BCUT2D eigenvalue weighted by molar-refractivity contribution is 6.07. The van der Waals surface area contributed by atoms with Crippen LogP contribution in [0, 0.1) is 0 Å². The molecule has 0 radical (unpaired) electrons. The maximum Gasteiger partial charge on any atom is 0.255 e. The van der Waals surface area contributed by atoms with Crippen LogP contribution in [0.2, 0.25) is 0 Å². The number of nitrogens with zero attached hydrogens (tertiary/aromatic N) is 4. The summed E-state index contributed by atoms with van der Waals surface area (Å²) in [6.07, 6.45) is 5.19. The first-order chi connectivity index (χ1) is 21.3. The largest absolute Gasteiger partial charge is 0.363 e. The molecular weight excluding hydrogens is 548 g/mol. The highest BCUT2D eigenvalue weighted by Crippen LogP contribution is 2.33. The van der Waals surface area contributed by atoms with Crippen molar-refractivity contribution < 1.29 is 9.59 Å². The van der Waals surface area contributed by atoms with Crippen LogP contribution in [0.25, 0.3) is 0 Å². The first kappa shape index (κ1) is 30.7. The fourth-order valence-electron chi connectivity index (χ4n) is 5.97. The van der Waals surface area contributed by atoms with Gasteiger partial charge in [-0.1, -0.05) is 72.8 Å². The molecule has 0 saturated heterocycles. The number of hydrogen-bond donors (Lipinski definition) is 2. The average Bonchev–Trinajstić information content (AvgIpc) is 3.06. The Morgan fingerprint density at radius 3 is 1.82 bits per heavy atom. The van der Waals surface area contributed by atoms with Gasteiger partial charge in [-0.2, -0.15) is 4.98 Å². The number of carbonyl (C=O) groups excluding carboxylic acids is 2. The molecule has 44 heavy (non-hydrogen) atoms. The van der Waals surface area contributed by atoms with E-state index in [1.807, 2.05) is 117 Å². The standard InChI is InChI=1S/C36H42N6O2/c1-25(27-13-7-5-8-14-27)42(26(2)28-15-9-6-10-16-28)35(44)32-18-12-11-17-31(32)34(43)38-29-19-21-30(22-20-29)39-36-37-24-23-33(40-36)41(3)4/h5-18,23-26,29-30H,19-22H2,1-4H3,(H,38,43)(H,37,39,40)/t25-,26?,29?,30?/m0/s1. The molecule has 0 bridgehead atoms. The molecule has 1 fully saturated rings. The van der Waals surface area contributed by atoms with Gasteiger partial charge in [0.05, 0.1) is 23.2 Å². The molecule has 5 rings (SSSR count). The summed E-state index contributed by atoms with van der Waals surface area (Å²) in [4.78, 5) is 40.9. The van der Waals surface area contributed by atoms with E-state index in [1.54, 1.807) is 18.3 Å². The van der Waals surface area contributed by atoms with Gasteiger partial charge >= 0.3 is 0 Å². The molecule has 1 saturated carbocycles. The van der Waals surface area contributed by atoms with Gasteiger partial charge in [-0.3, -0.25) is 9.59 Å². The van der Waals surface area contributed by atoms with Crippen molar-refractivity contribution in [2.75, 3.05) is 24.3 Å². The summed E-state index contributed by atoms with van der Waals surface area (Å²) in [6, 6.07) is 28.9. The fourth-order valence-corrected chi connectivity index (χ4v) is 5.97. The van der Waals surface area contributed by atoms with Gasteiger partial charge in [-0.05, 0) is 68.9 Å². The molecular formula is C36H42N6O2. The number of benzene rings is 3. The maximum absolute atomic E-state index is 14.4. The molecule has 3 aromatic carbocycles. The zero-order valence-electron chi connectivity index (χ0n) is 26.0. The third-order valence-corrected chi connectivity index (χ3v) is 8.53. The Labute approximate surface area is 260 Å². The van der Waals surface area contributed by atoms with Crippen LogP contribution in [0.5, 0.6) is 0 Å². The van der Waals surface area contributed by atoms with Gasteiger partial charge in [-0.25, -0.2) is 4.98 Å². The van der Waals surface area contributed by atoms with Crippen LogP contribution in [-0.4, -0.2) is 52.9 Å². The number of aromatic nitrogens is 2. The lowest BCUT2D eigenvalue weighted by Crippen LogP contribution is -2.41. The molecule has 2 amide bonds. The molecule has 2 atom stereocenters. The van der Waals surface area contributed by atoms with E-state index in [0.29, 0.717) is 17.1 Å². The van der Waals surface area contributed by atoms with Crippen LogP contribution in [0.1, 0.15) is 83.5 Å². The lowest BCUT2D eigenvalue weighted by Gasteiger charge is -2.36. The van der Waals surface area contributed by atoms with Gasteiger partial charge in [0.2, 0.25) is 5.95 Å². The quantitative estimate of drug-likeness (QED) is 0.215. The normalized spacial score (nSPS) is 17.6. The molecule has 8 heteroatoms. The van der Waals surface area contributed by atoms with Crippen LogP contribution in [0.3, 0.4) is 0 Å². The second kappa shape index (κ2) is 14.2. The van der Waals surface area contributed by atoms with E-state index < -0.39 is 0 Å². The number of nitrogens with one attached hydrogen (secondary N) is 2. The number of rotatable bonds is 10. The molecule has 2 N–H and O–H groups in total. The third kappa shape index (κ3) is 7.25. The van der Waals surface area contributed by atoms with Crippen LogP contribution in [0.15, 0.2) is 97.2 Å². The van der Waals surface area contributed by atoms with Crippen LogP contribution < -0.4 is 15.5 Å². The minimum absolute atomic E-state index is 0.0281. The van der Waals surface area contributed by atoms with Crippen LogP contribution in [-0.2, 0) is 0 Å². The van der Waals surface area contributed by atoms with Gasteiger partial charge < -0.3 is 20.4 Å². The number of amides is 2. The minimum atomic E-state index is -0.216. The first-order valence-corrected chi connectivity index (χ1v) is 15.4. The predicted octanol–water partition coefficient (Wildman–Crippen LogP) is 6.66. The van der Waals surface area contributed by atoms with Crippen LogP contribution in [0.4, 0.5) is 11.8 Å². The van der Waals surface area contributed by atoms with Crippen molar-refractivity contribution in [3.8, 4) is 0 Å². The summed E-state index contributed by atoms with van der Waals surface area (Å²) in [5, 5.41) is 6.68. The minimum Gasteiger partial charge on any atom is -0.363 e. The van der Waals surface area contributed by atoms with Gasteiger partial charge in [0.25, 0.3) is 11.8 Å². The number of anilines is 2. The van der Waals surface area contributed by atoms with Crippen molar-refractivity contribution in [2.24, 2.45) is 0 Å². The zero-order chi connectivity index (χ0) is 31.1. The Bertz CT molecular complexity index is 1490. The van der Waals surface area contributed by atoms with Crippen molar-refractivity contribution in [3.05, 3.63) is 119 Å². The monoisotopic (exact) mass is 590 g/mol. The molecule has 1 aliphatic rings. The second-order valence-electron chi connectivity index (χ2n) is 11.7. The Morgan fingerprint density at radius 2 is 1.25 bits per heavy atom. The molecule has 228 valence electrons. The van der Waals surface area contributed by atoms with Crippen molar-refractivity contribution in [1.29, 1.82) is 0 Å². The molecule has 0 aliphatic heterocycles. The molecule has 8 nitrogen and oxygen atoms in total. The van der Waals surface area contributed by atoms with Gasteiger partial charge in [0.1, 0.15) is 5.82 Å². The summed E-state index contributed by atoms with van der Waals surface area (Å²) in [5.74, 6) is 1.09. The fraction of sp³-hybridized carbons (Fsp3) is 0.333. The van der Waals surface area contributed by atoms with E-state index in [4.69, 9.17) is 0 Å². The lowest BCUT2D eigenvalue weighted by atomic mass is 9.91.